The van der Waals surface area contributed by atoms with Gasteiger partial charge in [0.1, 0.15) is 30.8 Å². The second-order valence-corrected chi connectivity index (χ2v) is 12.5. The number of benzene rings is 2. The molecule has 0 bridgehead atoms. The molecular formula is C35H38N6O6. The highest BCUT2D eigenvalue weighted by molar-refractivity contribution is 6.47. The smallest absolute Gasteiger partial charge is 0.298 e. The summed E-state index contributed by atoms with van der Waals surface area (Å²) in [5, 5.41) is 2.79. The van der Waals surface area contributed by atoms with Crippen LogP contribution >= 0.6 is 0 Å². The van der Waals surface area contributed by atoms with Crippen molar-refractivity contribution in [2.24, 2.45) is 7.05 Å². The number of hydrogen-bond donors (Lipinski definition) is 1. The minimum Gasteiger partial charge on any atom is -0.489 e. The van der Waals surface area contributed by atoms with Gasteiger partial charge in [-0.2, -0.15) is 0 Å². The number of aromatic nitrogens is 3. The molecule has 4 aromatic rings. The molecule has 1 N–H and O–H groups in total. The van der Waals surface area contributed by atoms with Crippen molar-refractivity contribution in [1.82, 2.24) is 14.5 Å². The summed E-state index contributed by atoms with van der Waals surface area (Å²) in [5.41, 5.74) is 4.30. The number of hydrogen-bond acceptors (Lipinski definition) is 10. The average Bonchev–Trinajstić information content (AvgIpc) is 3.59. The minimum absolute atomic E-state index is 0.0950. The average molecular weight is 639 g/mol. The number of nitrogens with one attached hydrogen (secondary N) is 1. The second kappa shape index (κ2) is 12.3. The standard InChI is InChI=1S/C35H38N6O6/c1-22-14-28(23-8-6-5-7-9-23)31(39(22)4)32(42)33(43)38-24-10-11-29-30(15-24)45-19-25-18-40(12-13-41(25)29)34-36-16-26(17-37-34)44-20-27-21-46-35(2,3)47-27/h5-11,14-17,25,27H,12-13,18-21H2,1-4H3,(H,38,43)/t25-,27+/m1/s1. The first-order chi connectivity index (χ1) is 22.6. The number of aryl methyl sites for hydroxylation is 1. The molecule has 0 spiro atoms. The molecule has 3 aliphatic heterocycles. The minimum atomic E-state index is -0.702. The maximum Gasteiger partial charge on any atom is 0.298 e. The fourth-order valence-corrected chi connectivity index (χ4v) is 6.35. The molecule has 2 aromatic heterocycles. The van der Waals surface area contributed by atoms with Crippen LogP contribution in [-0.2, 0) is 21.3 Å². The topological polar surface area (TPSA) is 120 Å². The van der Waals surface area contributed by atoms with E-state index in [0.29, 0.717) is 55.2 Å². The van der Waals surface area contributed by atoms with Crippen molar-refractivity contribution in [1.29, 1.82) is 0 Å². The lowest BCUT2D eigenvalue weighted by molar-refractivity contribution is -0.141. The number of piperazine rings is 1. The number of carbonyl (C=O) groups excluding carboxylic acids is 2. The number of carbonyl (C=O) groups is 2. The van der Waals surface area contributed by atoms with Gasteiger partial charge in [-0.1, -0.05) is 30.3 Å². The van der Waals surface area contributed by atoms with Crippen molar-refractivity contribution < 1.29 is 28.5 Å². The summed E-state index contributed by atoms with van der Waals surface area (Å²) in [7, 11) is 1.80. The van der Waals surface area contributed by atoms with Crippen LogP contribution in [0.5, 0.6) is 11.5 Å². The lowest BCUT2D eigenvalue weighted by Crippen LogP contribution is -2.57. The van der Waals surface area contributed by atoms with Crippen molar-refractivity contribution in [2.45, 2.75) is 38.7 Å². The molecule has 12 nitrogen and oxygen atoms in total. The molecule has 0 unspecified atom stereocenters. The van der Waals surface area contributed by atoms with E-state index < -0.39 is 17.5 Å². The van der Waals surface area contributed by atoms with Gasteiger partial charge in [-0.3, -0.25) is 9.59 Å². The second-order valence-electron chi connectivity index (χ2n) is 12.5. The monoisotopic (exact) mass is 638 g/mol. The Kier molecular flexibility index (Phi) is 8.06. The molecule has 0 radical (unpaired) electrons. The third kappa shape index (κ3) is 6.26. The van der Waals surface area contributed by atoms with Gasteiger partial charge < -0.3 is 38.6 Å². The summed E-state index contributed by atoms with van der Waals surface area (Å²) in [6.07, 6.45) is 3.24. The fraction of sp³-hybridized carbons (Fsp3) is 0.371. The molecule has 0 saturated carbocycles. The molecule has 2 aromatic carbocycles. The number of nitrogens with zero attached hydrogens (tertiary/aromatic N) is 5. The molecule has 244 valence electrons. The van der Waals surface area contributed by atoms with Crippen LogP contribution in [0.15, 0.2) is 67.0 Å². The summed E-state index contributed by atoms with van der Waals surface area (Å²) in [6, 6.07) is 17.2. The lowest BCUT2D eigenvalue weighted by Gasteiger charge is -2.45. The van der Waals surface area contributed by atoms with Gasteiger partial charge in [0.05, 0.1) is 30.7 Å². The predicted molar refractivity (Wildman–Crippen MR) is 176 cm³/mol. The molecule has 47 heavy (non-hydrogen) atoms. The maximum atomic E-state index is 13.4. The zero-order valence-corrected chi connectivity index (χ0v) is 26.9. The zero-order chi connectivity index (χ0) is 32.7. The van der Waals surface area contributed by atoms with E-state index in [9.17, 15) is 9.59 Å². The quantitative estimate of drug-likeness (QED) is 0.222. The van der Waals surface area contributed by atoms with Gasteiger partial charge in [-0.25, -0.2) is 9.97 Å². The molecule has 2 atom stereocenters. The van der Waals surface area contributed by atoms with Crippen LogP contribution in [0, 0.1) is 6.92 Å². The van der Waals surface area contributed by atoms with E-state index >= 15 is 0 Å². The Balaban J connectivity index is 0.974. The number of amides is 1. The predicted octanol–water partition coefficient (Wildman–Crippen LogP) is 4.23. The largest absolute Gasteiger partial charge is 0.489 e. The van der Waals surface area contributed by atoms with E-state index in [1.54, 1.807) is 30.1 Å². The van der Waals surface area contributed by atoms with Crippen LogP contribution in [0.25, 0.3) is 11.1 Å². The van der Waals surface area contributed by atoms with Gasteiger partial charge in [0.15, 0.2) is 11.5 Å². The van der Waals surface area contributed by atoms with Crippen LogP contribution in [0.4, 0.5) is 17.3 Å². The molecule has 12 heteroatoms. The normalized spacial score (nSPS) is 19.8. The van der Waals surface area contributed by atoms with Gasteiger partial charge in [0.25, 0.3) is 11.7 Å². The van der Waals surface area contributed by atoms with Crippen LogP contribution in [0.2, 0.25) is 0 Å². The Bertz CT molecular complexity index is 1790. The number of Topliss-reactive ketones (excluding diaryl/α,β-unsaturated/α-hetero) is 1. The van der Waals surface area contributed by atoms with Crippen LogP contribution in [0.3, 0.4) is 0 Å². The summed E-state index contributed by atoms with van der Waals surface area (Å²) < 4.78 is 25.1. The summed E-state index contributed by atoms with van der Waals surface area (Å²) >= 11 is 0. The van der Waals surface area contributed by atoms with E-state index in [2.05, 4.69) is 25.1 Å². The number of rotatable bonds is 8. The molecule has 3 aliphatic rings. The van der Waals surface area contributed by atoms with Gasteiger partial charge in [0.2, 0.25) is 5.95 Å². The molecule has 0 aliphatic carbocycles. The number of anilines is 3. The highest BCUT2D eigenvalue weighted by Crippen LogP contribution is 2.38. The highest BCUT2D eigenvalue weighted by atomic mass is 16.7. The summed E-state index contributed by atoms with van der Waals surface area (Å²) in [6.45, 7) is 9.17. The SMILES string of the molecule is Cc1cc(-c2ccccc2)c(C(=O)C(=O)Nc2ccc3c(c2)OC[C@H]2CN(c4ncc(OC[C@H]5COC(C)(C)O5)cn4)CCN32)n1C. The molecule has 1 amide bonds. The van der Waals surface area contributed by atoms with Gasteiger partial charge in [-0.15, -0.1) is 0 Å². The Labute approximate surface area is 273 Å². The van der Waals surface area contributed by atoms with Gasteiger partial charge in [0, 0.05) is 49.7 Å². The van der Waals surface area contributed by atoms with E-state index in [0.717, 1.165) is 35.6 Å². The van der Waals surface area contributed by atoms with Crippen LogP contribution in [0.1, 0.15) is 30.0 Å². The Morgan fingerprint density at radius 1 is 1.04 bits per heavy atom. The molecule has 5 heterocycles. The van der Waals surface area contributed by atoms with Crippen molar-refractivity contribution in [3.05, 3.63) is 78.4 Å². The first-order valence-corrected chi connectivity index (χ1v) is 15.8. The van der Waals surface area contributed by atoms with E-state index in [-0.39, 0.29) is 12.1 Å². The van der Waals surface area contributed by atoms with Crippen molar-refractivity contribution in [3.8, 4) is 22.6 Å². The number of ketones is 1. The van der Waals surface area contributed by atoms with E-state index in [1.807, 2.05) is 69.3 Å². The van der Waals surface area contributed by atoms with E-state index in [4.69, 9.17) is 18.9 Å². The van der Waals surface area contributed by atoms with Crippen molar-refractivity contribution >= 4 is 29.0 Å². The number of fused-ring (bicyclic) bond motifs is 3. The van der Waals surface area contributed by atoms with Gasteiger partial charge >= 0.3 is 0 Å². The molecule has 7 rings (SSSR count). The highest BCUT2D eigenvalue weighted by Gasteiger charge is 2.35. The molecular weight excluding hydrogens is 600 g/mol. The Morgan fingerprint density at radius 3 is 2.57 bits per heavy atom. The van der Waals surface area contributed by atoms with Gasteiger partial charge in [-0.05, 0) is 44.5 Å². The van der Waals surface area contributed by atoms with Crippen LogP contribution < -0.4 is 24.6 Å². The number of ether oxygens (including phenoxy) is 4. The molecule has 2 saturated heterocycles. The first-order valence-electron chi connectivity index (χ1n) is 15.8. The van der Waals surface area contributed by atoms with E-state index in [1.165, 1.54) is 0 Å². The van der Waals surface area contributed by atoms with Crippen LogP contribution in [-0.4, -0.2) is 83.6 Å². The third-order valence-corrected chi connectivity index (χ3v) is 8.82. The molecule has 2 fully saturated rings. The maximum absolute atomic E-state index is 13.4. The summed E-state index contributed by atoms with van der Waals surface area (Å²) in [5.74, 6) is -0.0120. The zero-order valence-electron chi connectivity index (χ0n) is 26.9. The first kappa shape index (κ1) is 30.7. The lowest BCUT2D eigenvalue weighted by atomic mass is 10.0. The Hall–Kier alpha value is -4.94. The summed E-state index contributed by atoms with van der Waals surface area (Å²) in [4.78, 5) is 40.2. The Morgan fingerprint density at radius 2 is 1.83 bits per heavy atom. The third-order valence-electron chi connectivity index (χ3n) is 8.82. The van der Waals surface area contributed by atoms with Crippen molar-refractivity contribution in [2.75, 3.05) is 54.6 Å². The van der Waals surface area contributed by atoms with Crippen molar-refractivity contribution in [3.63, 3.8) is 0 Å². The fourth-order valence-electron chi connectivity index (χ4n) is 6.35.